The maximum absolute atomic E-state index is 11.7. The second-order valence-corrected chi connectivity index (χ2v) is 16.3. The average Bonchev–Trinajstić information content (AvgIpc) is 3.52. The molecule has 0 bridgehead atoms. The van der Waals surface area contributed by atoms with Crippen LogP contribution in [0.5, 0.6) is 5.75 Å². The number of aliphatic hydroxyl groups is 1. The summed E-state index contributed by atoms with van der Waals surface area (Å²) in [6.45, 7) is 1.16. The van der Waals surface area contributed by atoms with E-state index in [9.17, 15) is 34.8 Å². The van der Waals surface area contributed by atoms with Gasteiger partial charge in [-0.15, -0.1) is 0 Å². The number of para-hydroxylation sites is 4. The van der Waals surface area contributed by atoms with Gasteiger partial charge in [0, 0.05) is 81.5 Å². The molecule has 0 fully saturated rings. The fourth-order valence-electron chi connectivity index (χ4n) is 6.16. The lowest BCUT2D eigenvalue weighted by Gasteiger charge is -2.03. The second-order valence-electron chi connectivity index (χ2n) is 16.3. The van der Waals surface area contributed by atoms with Crippen molar-refractivity contribution >= 4 is 65.3 Å². The van der Waals surface area contributed by atoms with E-state index in [0.29, 0.717) is 58.4 Å². The van der Waals surface area contributed by atoms with Crippen LogP contribution in [-0.4, -0.2) is 146 Å². The van der Waals surface area contributed by atoms with Crippen molar-refractivity contribution in [2.45, 2.75) is 0 Å². The molecule has 20 nitrogen and oxygen atoms in total. The number of hydrogen-bond donors (Lipinski definition) is 9. The summed E-state index contributed by atoms with van der Waals surface area (Å²) in [5.41, 5.74) is 8.03. The Hall–Kier alpha value is -10.5. The molecule has 9 N–H and O–H groups in total. The highest BCUT2D eigenvalue weighted by molar-refractivity contribution is 5.91. The molecule has 0 saturated carbocycles. The number of nitrogens with one attached hydrogen (secondary N) is 1. The normalized spacial score (nSPS) is 10.5. The quantitative estimate of drug-likeness (QED) is 0.0102. The summed E-state index contributed by atoms with van der Waals surface area (Å²) in [6.07, 6.45) is 4.59. The summed E-state index contributed by atoms with van der Waals surface area (Å²) in [4.78, 5) is 43.5. The van der Waals surface area contributed by atoms with Crippen molar-refractivity contribution in [3.05, 3.63) is 257 Å². The number of carboxylic acids is 3. The molecule has 0 atom stereocenters. The molecule has 0 radical (unpaired) electrons. The van der Waals surface area contributed by atoms with Crippen molar-refractivity contribution in [3.8, 4) is 5.75 Å². The van der Waals surface area contributed by atoms with Gasteiger partial charge in [0.2, 0.25) is 18.6 Å². The van der Waals surface area contributed by atoms with Crippen LogP contribution < -0.4 is 10.2 Å². The molecular weight excluding hydrogens is 1060 g/mol. The van der Waals surface area contributed by atoms with Gasteiger partial charge in [0.1, 0.15) is 12.4 Å². The van der Waals surface area contributed by atoms with Crippen LogP contribution in [0, 0.1) is 0 Å². The number of nitrogens with zero attached hydrogens (tertiary/aromatic N) is 3. The van der Waals surface area contributed by atoms with E-state index in [1.54, 1.807) is 130 Å². The number of anilines is 1. The van der Waals surface area contributed by atoms with Gasteiger partial charge in [-0.25, -0.2) is 19.2 Å². The number of rotatable bonds is 17. The Balaban J connectivity index is 0.000000271. The number of methoxy groups -OCH3 is 3. The minimum absolute atomic E-state index is 0.122. The average molecular weight is 1120 g/mol. The summed E-state index contributed by atoms with van der Waals surface area (Å²) >= 11 is 0. The minimum Gasteiger partial charge on any atom is -0.497 e. The maximum Gasteiger partial charge on any atom is 0.338 e. The van der Waals surface area contributed by atoms with E-state index >= 15 is 0 Å². The number of carbonyl (C=O) groups excluding carboxylic acids is 1. The van der Waals surface area contributed by atoms with E-state index in [1.807, 2.05) is 78.3 Å². The van der Waals surface area contributed by atoms with Crippen LogP contribution >= 0.6 is 0 Å². The van der Waals surface area contributed by atoms with Gasteiger partial charge in [0.25, 0.3) is 17.1 Å². The van der Waals surface area contributed by atoms with Crippen molar-refractivity contribution in [2.24, 2.45) is 0 Å². The van der Waals surface area contributed by atoms with Crippen LogP contribution in [-0.2, 0) is 14.2 Å². The summed E-state index contributed by atoms with van der Waals surface area (Å²) in [7, 11) is 4.64. The molecule has 0 unspecified atom stereocenters. The van der Waals surface area contributed by atoms with E-state index < -0.39 is 23.9 Å². The first-order chi connectivity index (χ1) is 39.6. The largest absolute Gasteiger partial charge is 0.497 e. The number of esters is 1. The predicted molar refractivity (Wildman–Crippen MR) is 306 cm³/mol. The first-order valence-corrected chi connectivity index (χ1v) is 24.6. The Labute approximate surface area is 473 Å². The molecule has 82 heavy (non-hydrogen) atoms. The van der Waals surface area contributed by atoms with E-state index in [2.05, 4.69) is 4.74 Å². The predicted octanol–water partition coefficient (Wildman–Crippen LogP) is 10.2. The zero-order valence-corrected chi connectivity index (χ0v) is 45.0. The first-order valence-electron chi connectivity index (χ1n) is 24.6. The Morgan fingerprint density at radius 3 is 0.976 bits per heavy atom. The molecule has 0 aliphatic heterocycles. The molecule has 8 aromatic rings. The van der Waals surface area contributed by atoms with Crippen LogP contribution in [0.25, 0.3) is 0 Å². The molecule has 0 aliphatic carbocycles. The lowest BCUT2D eigenvalue weighted by molar-refractivity contribution is -0.709. The fourth-order valence-corrected chi connectivity index (χ4v) is 6.16. The number of carboxylic acid groups (broad SMARTS) is 3. The van der Waals surface area contributed by atoms with Gasteiger partial charge in [-0.2, -0.15) is 0 Å². The van der Waals surface area contributed by atoms with Crippen molar-refractivity contribution in [1.82, 2.24) is 0 Å². The molecule has 0 aromatic heterocycles. The monoisotopic (exact) mass is 1120 g/mol. The molecule has 426 valence electrons. The highest BCUT2D eigenvalue weighted by atomic mass is 16.6. The molecule has 0 saturated heterocycles. The number of aliphatic hydroxyl groups excluding tert-OH is 1. The summed E-state index contributed by atoms with van der Waals surface area (Å²) in [5.74, 6) is -2.59. The third-order valence-electron chi connectivity index (χ3n) is 10.4. The lowest BCUT2D eigenvalue weighted by atomic mass is 10.1. The SMILES string of the molecule is COCCO.COCCOC(=O)c1ccc(/C=[N+](\O)c2ccccc2)cc1.COc1ccc(C(=O)O)cc1.O=C(O)c1ccc(/C=[N+](\O)c2ccccc2)cc1.O=C(O)c1ccc(/C=[N+](\O)c2ccccc2)cc1.ONc1ccccc1. The van der Waals surface area contributed by atoms with Gasteiger partial charge in [0.15, 0.2) is 0 Å². The van der Waals surface area contributed by atoms with Crippen LogP contribution in [0.4, 0.5) is 22.7 Å². The van der Waals surface area contributed by atoms with E-state index in [4.69, 9.17) is 39.8 Å². The molecule has 8 aromatic carbocycles. The van der Waals surface area contributed by atoms with E-state index in [0.717, 1.165) is 19.8 Å². The topological polar surface area (TPSA) is 288 Å². The zero-order valence-electron chi connectivity index (χ0n) is 45.0. The van der Waals surface area contributed by atoms with Crippen molar-refractivity contribution in [1.29, 1.82) is 0 Å². The Morgan fingerprint density at radius 1 is 0.415 bits per heavy atom. The molecule has 0 aliphatic rings. The van der Waals surface area contributed by atoms with Crippen LogP contribution in [0.1, 0.15) is 58.1 Å². The highest BCUT2D eigenvalue weighted by Gasteiger charge is 2.12. The standard InChI is InChI=1S/C17H18NO4.2C14H11NO3.C8H8O3.C6H7NO.C3H8O2/c1-21-11-12-22-17(19)15-9-7-14(8-10-15)13-18(20)16-5-3-2-4-6-16;2*16-14(17)12-8-6-11(7-9-12)10-15(18)13-4-2-1-3-5-13;1-11-7-4-2-6(3-5-7)8(9)10;8-7-6-4-2-1-3-5-6;1-5-3-2-4/h2-10,13,20H,11-12H2,1H3;2*1-10H,(H-,16,17,18);2-5H,1H3,(H,9,10);1-5,7-8H;4H,2-3H2,1H3/q+1;;;;;/p+2/b18-13-;2*15-10-;;;. The highest BCUT2D eigenvalue weighted by Crippen LogP contribution is 2.14. The Bertz CT molecular complexity index is 3090. The molecule has 0 spiro atoms. The smallest absolute Gasteiger partial charge is 0.338 e. The summed E-state index contributed by atoms with van der Waals surface area (Å²) in [6, 6.07) is 61.8. The lowest BCUT2D eigenvalue weighted by Crippen LogP contribution is -2.10. The number of ether oxygens (including phenoxy) is 4. The zero-order chi connectivity index (χ0) is 59.9. The van der Waals surface area contributed by atoms with Crippen LogP contribution in [0.3, 0.4) is 0 Å². The van der Waals surface area contributed by atoms with Gasteiger partial charge < -0.3 is 39.4 Å². The van der Waals surface area contributed by atoms with Gasteiger partial charge in [-0.1, -0.05) is 72.8 Å². The maximum atomic E-state index is 11.7. The number of carbonyl (C=O) groups is 4. The number of benzene rings is 8. The molecular formula is C62H65N4O16+3. The summed E-state index contributed by atoms with van der Waals surface area (Å²) in [5, 5.41) is 71.9. The Kier molecular flexibility index (Phi) is 30.6. The van der Waals surface area contributed by atoms with Crippen LogP contribution in [0.2, 0.25) is 0 Å². The molecule has 20 heteroatoms. The molecule has 0 heterocycles. The van der Waals surface area contributed by atoms with Crippen molar-refractivity contribution in [2.75, 3.05) is 53.2 Å². The van der Waals surface area contributed by atoms with Crippen LogP contribution in [0.15, 0.2) is 218 Å². The third kappa shape index (κ3) is 25.8. The van der Waals surface area contributed by atoms with E-state index in [1.165, 1.54) is 55.9 Å². The molecule has 8 rings (SSSR count). The van der Waals surface area contributed by atoms with E-state index in [-0.39, 0.29) is 29.9 Å². The van der Waals surface area contributed by atoms with Gasteiger partial charge in [-0.3, -0.25) is 26.3 Å². The van der Waals surface area contributed by atoms with Crippen molar-refractivity contribution < 1.29 is 93.6 Å². The summed E-state index contributed by atoms with van der Waals surface area (Å²) < 4.78 is 22.2. The van der Waals surface area contributed by atoms with Gasteiger partial charge >= 0.3 is 23.9 Å². The Morgan fingerprint density at radius 2 is 0.720 bits per heavy atom. The third-order valence-corrected chi connectivity index (χ3v) is 10.4. The molecule has 0 amide bonds. The minimum atomic E-state index is -0.967. The fraction of sp³-hybridized carbons (Fsp3) is 0.113. The van der Waals surface area contributed by atoms with Gasteiger partial charge in [0.05, 0.1) is 54.9 Å². The van der Waals surface area contributed by atoms with Gasteiger partial charge in [-0.05, 0) is 109 Å². The second kappa shape index (κ2) is 38.1. The first kappa shape index (κ1) is 65.8. The number of aromatic carboxylic acids is 3. The van der Waals surface area contributed by atoms with Crippen molar-refractivity contribution in [3.63, 3.8) is 0 Å². The number of hydrogen-bond acceptors (Lipinski definition) is 14.